The number of ketones is 1. The van der Waals surface area contributed by atoms with Crippen LogP contribution in [0.2, 0.25) is 5.02 Å². The summed E-state index contributed by atoms with van der Waals surface area (Å²) in [5, 5.41) is 1.60. The normalized spacial score (nSPS) is 16.1. The number of benzene rings is 2. The predicted octanol–water partition coefficient (Wildman–Crippen LogP) is 5.68. The number of allylic oxidation sites excluding steroid dienone is 2. The monoisotopic (exact) mass is 481 g/mol. The van der Waals surface area contributed by atoms with Gasteiger partial charge in [-0.25, -0.2) is 4.98 Å². The lowest BCUT2D eigenvalue weighted by Crippen LogP contribution is -2.26. The number of carbonyl (C=O) groups excluding carboxylic acids is 1. The zero-order valence-corrected chi connectivity index (χ0v) is 21.1. The minimum atomic E-state index is -0.261. The number of likely N-dealkylation sites (N-methyl/N-ethyl adjacent to an activating group) is 1. The van der Waals surface area contributed by atoms with E-state index in [9.17, 15) is 9.59 Å². The molecule has 1 aliphatic heterocycles. The Kier molecular flexibility index (Phi) is 6.43. The summed E-state index contributed by atoms with van der Waals surface area (Å²) in [7, 11) is 1.99. The van der Waals surface area contributed by atoms with Crippen LogP contribution in [-0.2, 0) is 16.8 Å². The van der Waals surface area contributed by atoms with Gasteiger partial charge < -0.3 is 4.90 Å². The van der Waals surface area contributed by atoms with E-state index >= 15 is 0 Å². The van der Waals surface area contributed by atoms with Crippen molar-refractivity contribution in [1.82, 2.24) is 9.55 Å². The number of hydrogen-bond donors (Lipinski definition) is 0. The van der Waals surface area contributed by atoms with Crippen molar-refractivity contribution in [3.05, 3.63) is 75.2 Å². The molecule has 33 heavy (non-hydrogen) atoms. The second-order valence-electron chi connectivity index (χ2n) is 9.35. The SMILES string of the molecule is CC(C)Cn1c(SCC(=O)C=C2N(C)c3ccccc3C2(C)C)nc2cc(Cl)ccc2c1=O. The lowest BCUT2D eigenvalue weighted by molar-refractivity contribution is -0.112. The molecule has 4 rings (SSSR count). The van der Waals surface area contributed by atoms with Crippen LogP contribution in [0.3, 0.4) is 0 Å². The minimum absolute atomic E-state index is 0.0146. The predicted molar refractivity (Wildman–Crippen MR) is 138 cm³/mol. The van der Waals surface area contributed by atoms with Gasteiger partial charge in [-0.3, -0.25) is 14.2 Å². The summed E-state index contributed by atoms with van der Waals surface area (Å²) < 4.78 is 1.67. The van der Waals surface area contributed by atoms with Crippen LogP contribution < -0.4 is 10.5 Å². The summed E-state index contributed by atoms with van der Waals surface area (Å²) in [6.45, 7) is 8.91. The zero-order chi connectivity index (χ0) is 23.9. The number of fused-ring (bicyclic) bond motifs is 2. The Morgan fingerprint density at radius 1 is 1.21 bits per heavy atom. The maximum absolute atomic E-state index is 13.1. The summed E-state index contributed by atoms with van der Waals surface area (Å²) in [6.07, 6.45) is 1.73. The largest absolute Gasteiger partial charge is 0.347 e. The average molecular weight is 482 g/mol. The number of para-hydroxylation sites is 1. The van der Waals surface area contributed by atoms with E-state index in [0.29, 0.717) is 27.6 Å². The number of halogens is 1. The van der Waals surface area contributed by atoms with E-state index in [1.165, 1.54) is 17.3 Å². The fraction of sp³-hybridized carbons (Fsp3) is 0.346. The van der Waals surface area contributed by atoms with Gasteiger partial charge in [0.1, 0.15) is 0 Å². The van der Waals surface area contributed by atoms with Crippen molar-refractivity contribution in [3.63, 3.8) is 0 Å². The number of anilines is 1. The number of hydrogen-bond acceptors (Lipinski definition) is 5. The summed E-state index contributed by atoms with van der Waals surface area (Å²) in [5.74, 6) is 0.442. The molecule has 3 aromatic rings. The van der Waals surface area contributed by atoms with Crippen molar-refractivity contribution >= 4 is 45.7 Å². The second-order valence-corrected chi connectivity index (χ2v) is 10.7. The molecule has 5 nitrogen and oxygen atoms in total. The maximum atomic E-state index is 13.1. The van der Waals surface area contributed by atoms with Gasteiger partial charge in [0, 0.05) is 41.5 Å². The number of nitrogens with zero attached hydrogens (tertiary/aromatic N) is 3. The molecule has 0 fully saturated rings. The summed E-state index contributed by atoms with van der Waals surface area (Å²) in [4.78, 5) is 32.9. The molecule has 0 radical (unpaired) electrons. The lowest BCUT2D eigenvalue weighted by atomic mass is 9.83. The van der Waals surface area contributed by atoms with E-state index in [4.69, 9.17) is 11.6 Å². The Hall–Kier alpha value is -2.57. The van der Waals surface area contributed by atoms with Crippen molar-refractivity contribution in [1.29, 1.82) is 0 Å². The van der Waals surface area contributed by atoms with Crippen LogP contribution in [0.4, 0.5) is 5.69 Å². The van der Waals surface area contributed by atoms with Gasteiger partial charge in [-0.15, -0.1) is 0 Å². The molecule has 172 valence electrons. The zero-order valence-electron chi connectivity index (χ0n) is 19.6. The third-order valence-corrected chi connectivity index (χ3v) is 7.25. The Labute approximate surface area is 203 Å². The maximum Gasteiger partial charge on any atom is 0.262 e. The fourth-order valence-electron chi connectivity index (χ4n) is 4.40. The van der Waals surface area contributed by atoms with Gasteiger partial charge >= 0.3 is 0 Å². The first-order valence-corrected chi connectivity index (χ1v) is 12.4. The van der Waals surface area contributed by atoms with Crippen molar-refractivity contribution in [2.24, 2.45) is 5.92 Å². The van der Waals surface area contributed by atoms with Gasteiger partial charge in [0.2, 0.25) is 0 Å². The third-order valence-electron chi connectivity index (χ3n) is 6.01. The lowest BCUT2D eigenvalue weighted by Gasteiger charge is -2.24. The molecular formula is C26H28ClN3O2S. The van der Waals surface area contributed by atoms with Crippen LogP contribution in [0.1, 0.15) is 33.3 Å². The standard InChI is InChI=1S/C26H28ClN3O2S/c1-16(2)14-30-24(32)19-11-10-17(27)12-21(19)28-25(30)33-15-18(31)13-23-26(3,4)20-8-6-7-9-22(20)29(23)5/h6-13,16H,14-15H2,1-5H3. The second kappa shape index (κ2) is 8.99. The smallest absolute Gasteiger partial charge is 0.262 e. The highest BCUT2D eigenvalue weighted by molar-refractivity contribution is 7.99. The topological polar surface area (TPSA) is 55.2 Å². The third kappa shape index (κ3) is 4.46. The quantitative estimate of drug-likeness (QED) is 0.257. The summed E-state index contributed by atoms with van der Waals surface area (Å²) >= 11 is 7.42. The Morgan fingerprint density at radius 3 is 2.64 bits per heavy atom. The van der Waals surface area contributed by atoms with Crippen LogP contribution in [0, 0.1) is 5.92 Å². The number of carbonyl (C=O) groups is 1. The molecule has 0 amide bonds. The molecule has 0 aliphatic carbocycles. The van der Waals surface area contributed by atoms with E-state index in [-0.39, 0.29) is 28.4 Å². The first kappa shape index (κ1) is 23.6. The molecule has 2 aromatic carbocycles. The van der Waals surface area contributed by atoms with Crippen LogP contribution >= 0.6 is 23.4 Å². The van der Waals surface area contributed by atoms with E-state index in [0.717, 1.165) is 11.4 Å². The highest BCUT2D eigenvalue weighted by atomic mass is 35.5. The molecule has 0 bridgehead atoms. The van der Waals surface area contributed by atoms with Crippen molar-refractivity contribution in [2.75, 3.05) is 17.7 Å². The van der Waals surface area contributed by atoms with E-state index < -0.39 is 0 Å². The summed E-state index contributed by atoms with van der Waals surface area (Å²) in [5.41, 5.74) is 3.47. The highest BCUT2D eigenvalue weighted by Crippen LogP contribution is 2.46. The Morgan fingerprint density at radius 2 is 1.94 bits per heavy atom. The number of thioether (sulfide) groups is 1. The Bertz CT molecular complexity index is 1330. The molecule has 0 N–H and O–H groups in total. The molecular weight excluding hydrogens is 454 g/mol. The number of rotatable bonds is 6. The van der Waals surface area contributed by atoms with Crippen LogP contribution in [-0.4, -0.2) is 28.1 Å². The van der Waals surface area contributed by atoms with E-state index in [1.807, 2.05) is 19.2 Å². The molecule has 7 heteroatoms. The molecule has 0 saturated carbocycles. The molecule has 0 atom stereocenters. The average Bonchev–Trinajstić information content (AvgIpc) is 2.95. The number of aromatic nitrogens is 2. The summed E-state index contributed by atoms with van der Waals surface area (Å²) in [6, 6.07) is 13.3. The van der Waals surface area contributed by atoms with Crippen LogP contribution in [0.15, 0.2) is 64.2 Å². The molecule has 2 heterocycles. The van der Waals surface area contributed by atoms with Gasteiger partial charge in [-0.05, 0) is 35.7 Å². The molecule has 0 unspecified atom stereocenters. The van der Waals surface area contributed by atoms with Crippen LogP contribution in [0.25, 0.3) is 10.9 Å². The molecule has 1 aliphatic rings. The fourth-order valence-corrected chi connectivity index (χ4v) is 5.40. The first-order valence-electron chi connectivity index (χ1n) is 11.0. The molecule has 1 aromatic heterocycles. The van der Waals surface area contributed by atoms with Crippen LogP contribution in [0.5, 0.6) is 0 Å². The van der Waals surface area contributed by atoms with Crippen molar-refractivity contribution in [2.45, 2.75) is 44.8 Å². The van der Waals surface area contributed by atoms with Crippen molar-refractivity contribution in [3.8, 4) is 0 Å². The Balaban J connectivity index is 1.63. The van der Waals surface area contributed by atoms with E-state index in [1.54, 1.807) is 28.8 Å². The minimum Gasteiger partial charge on any atom is -0.347 e. The van der Waals surface area contributed by atoms with Gasteiger partial charge in [0.25, 0.3) is 5.56 Å². The van der Waals surface area contributed by atoms with E-state index in [2.05, 4.69) is 49.7 Å². The highest BCUT2D eigenvalue weighted by Gasteiger charge is 2.38. The first-order chi connectivity index (χ1) is 15.6. The van der Waals surface area contributed by atoms with Crippen molar-refractivity contribution < 1.29 is 4.79 Å². The molecule has 0 spiro atoms. The molecule has 0 saturated heterocycles. The van der Waals surface area contributed by atoms with Gasteiger partial charge in [-0.2, -0.15) is 0 Å². The van der Waals surface area contributed by atoms with Gasteiger partial charge in [-0.1, -0.05) is 69.3 Å². The van der Waals surface area contributed by atoms with Gasteiger partial charge in [0.15, 0.2) is 10.9 Å². The van der Waals surface area contributed by atoms with Gasteiger partial charge in [0.05, 0.1) is 16.7 Å².